The van der Waals surface area contributed by atoms with Crippen LogP contribution in [0.2, 0.25) is 0 Å². The lowest BCUT2D eigenvalue weighted by Gasteiger charge is -2.35. The Bertz CT molecular complexity index is 1600. The van der Waals surface area contributed by atoms with Crippen LogP contribution in [0, 0.1) is 5.92 Å². The number of benzene rings is 2. The summed E-state index contributed by atoms with van der Waals surface area (Å²) in [6.45, 7) is 0. The molecule has 0 unspecified atom stereocenters. The number of phenolic OH excluding ortho intramolecular Hbond substituents is 1. The highest BCUT2D eigenvalue weighted by Gasteiger charge is 2.31. The van der Waals surface area contributed by atoms with Gasteiger partial charge in [-0.05, 0) is 98.0 Å². The molecule has 0 aromatic heterocycles. The zero-order chi connectivity index (χ0) is 28.0. The van der Waals surface area contributed by atoms with E-state index >= 15 is 0 Å². The predicted octanol–water partition coefficient (Wildman–Crippen LogP) is 3.07. The summed E-state index contributed by atoms with van der Waals surface area (Å²) in [4.78, 5) is 0.758. The molecule has 9 nitrogen and oxygen atoms in total. The van der Waals surface area contributed by atoms with Crippen molar-refractivity contribution in [3.8, 4) is 5.75 Å². The van der Waals surface area contributed by atoms with E-state index < -0.39 is 35.8 Å². The first kappa shape index (κ1) is 28.2. The maximum Gasteiger partial charge on any atom is 0.199 e. The maximum absolute atomic E-state index is 12.2. The number of fused-ring (bicyclic) bond motifs is 1. The molecule has 0 spiro atoms. The maximum atomic E-state index is 12.2. The highest BCUT2D eigenvalue weighted by atomic mass is 32.2. The summed E-state index contributed by atoms with van der Waals surface area (Å²) in [5.74, 6) is -0.746. The highest BCUT2D eigenvalue weighted by Crippen LogP contribution is 2.47. The molecule has 204 valence electrons. The van der Waals surface area contributed by atoms with E-state index in [1.807, 2.05) is 57.1 Å². The summed E-state index contributed by atoms with van der Waals surface area (Å²) >= 11 is 0. The fraction of sp³-hybridized carbons (Fsp3) is 0.370. The van der Waals surface area contributed by atoms with E-state index in [4.69, 9.17) is 0 Å². The largest absolute Gasteiger partial charge is 0.744 e. The monoisotopic (exact) mass is 559 g/mol. The molecule has 1 saturated carbocycles. The Balaban J connectivity index is 2.05. The van der Waals surface area contributed by atoms with Crippen LogP contribution >= 0.6 is 0 Å². The normalized spacial score (nSPS) is 20.4. The van der Waals surface area contributed by atoms with Crippen LogP contribution in [0.15, 0.2) is 63.9 Å². The Kier molecular flexibility index (Phi) is 7.70. The Morgan fingerprint density at radius 3 is 2.03 bits per heavy atom. The second kappa shape index (κ2) is 10.4. The molecule has 0 saturated heterocycles. The molecule has 0 aliphatic heterocycles. The number of aromatic hydroxyl groups is 1. The number of nitrogens with zero attached hydrogens (tertiary/aromatic N) is 2. The Labute approximate surface area is 223 Å². The molecule has 1 N–H and O–H groups in total. The van der Waals surface area contributed by atoms with Crippen LogP contribution in [-0.4, -0.2) is 80.5 Å². The summed E-state index contributed by atoms with van der Waals surface area (Å²) in [7, 11) is -2.11. The van der Waals surface area contributed by atoms with Gasteiger partial charge in [0, 0.05) is 23.8 Å². The van der Waals surface area contributed by atoms with Crippen LogP contribution in [0.1, 0.15) is 31.2 Å². The van der Waals surface area contributed by atoms with Gasteiger partial charge in [0.1, 0.15) is 40.1 Å². The summed E-state index contributed by atoms with van der Waals surface area (Å²) in [5.41, 5.74) is 2.54. The van der Waals surface area contributed by atoms with E-state index in [1.165, 1.54) is 6.07 Å². The predicted molar refractivity (Wildman–Crippen MR) is 143 cm³/mol. The quantitative estimate of drug-likeness (QED) is 0.435. The van der Waals surface area contributed by atoms with Gasteiger partial charge in [-0.15, -0.1) is 0 Å². The molecule has 2 aliphatic carbocycles. The van der Waals surface area contributed by atoms with Gasteiger partial charge in [-0.1, -0.05) is 6.07 Å². The van der Waals surface area contributed by atoms with Gasteiger partial charge in [0.25, 0.3) is 0 Å². The van der Waals surface area contributed by atoms with Gasteiger partial charge in [0.15, 0.2) is 5.71 Å². The van der Waals surface area contributed by atoms with Gasteiger partial charge in [-0.2, -0.15) is 0 Å². The zero-order valence-corrected chi connectivity index (χ0v) is 23.3. The molecule has 0 heterocycles. The number of phenols is 1. The van der Waals surface area contributed by atoms with Crippen molar-refractivity contribution in [2.75, 3.05) is 28.2 Å². The van der Waals surface area contributed by atoms with Crippen molar-refractivity contribution in [2.24, 2.45) is 5.92 Å². The average molecular weight is 560 g/mol. The fourth-order valence-corrected chi connectivity index (χ4v) is 6.49. The highest BCUT2D eigenvalue weighted by molar-refractivity contribution is 7.86. The molecule has 38 heavy (non-hydrogen) atoms. The number of hydrogen-bond acceptors (Lipinski definition) is 8. The Hall–Kier alpha value is -2.83. The van der Waals surface area contributed by atoms with Crippen molar-refractivity contribution < 1.29 is 35.6 Å². The van der Waals surface area contributed by atoms with Crippen molar-refractivity contribution in [3.05, 3.63) is 59.7 Å². The SMILES string of the molecule is CN(C)C1CCC(C(=C2C=CC(=[N+](C)C)C=C2)c2c(O)c(S(=O)(=O)[O-])cc3cc(S(=O)(=O)[O-])ccc23)CC1. The Morgan fingerprint density at radius 2 is 1.53 bits per heavy atom. The molecule has 1 fully saturated rings. The number of hydrogen-bond donors (Lipinski definition) is 1. The first-order valence-electron chi connectivity index (χ1n) is 12.2. The van der Waals surface area contributed by atoms with Crippen LogP contribution in [0.5, 0.6) is 5.75 Å². The van der Waals surface area contributed by atoms with Crippen LogP contribution in [0.25, 0.3) is 16.3 Å². The molecular formula is C27H31N2O7S2-. The van der Waals surface area contributed by atoms with Crippen molar-refractivity contribution in [3.63, 3.8) is 0 Å². The lowest BCUT2D eigenvalue weighted by Crippen LogP contribution is -2.32. The minimum absolute atomic E-state index is 0.0635. The fourth-order valence-electron chi connectivity index (χ4n) is 5.37. The average Bonchev–Trinajstić information content (AvgIpc) is 2.84. The van der Waals surface area contributed by atoms with Gasteiger partial charge in [-0.3, -0.25) is 0 Å². The summed E-state index contributed by atoms with van der Waals surface area (Å²) < 4.78 is 73.6. The second-order valence-corrected chi connectivity index (χ2v) is 12.9. The van der Waals surface area contributed by atoms with Gasteiger partial charge in [0.2, 0.25) is 0 Å². The van der Waals surface area contributed by atoms with Crippen LogP contribution < -0.4 is 0 Å². The first-order chi connectivity index (χ1) is 17.7. The van der Waals surface area contributed by atoms with Gasteiger partial charge < -0.3 is 19.1 Å². The molecule has 0 amide bonds. The van der Waals surface area contributed by atoms with Crippen molar-refractivity contribution in [1.29, 1.82) is 0 Å². The van der Waals surface area contributed by atoms with Crippen molar-refractivity contribution >= 4 is 42.3 Å². The molecule has 11 heteroatoms. The third-order valence-corrected chi connectivity index (χ3v) is 9.09. The summed E-state index contributed by atoms with van der Waals surface area (Å²) in [5, 5.41) is 11.7. The zero-order valence-electron chi connectivity index (χ0n) is 21.7. The van der Waals surface area contributed by atoms with Gasteiger partial charge in [0.05, 0.1) is 9.79 Å². The number of rotatable bonds is 5. The molecule has 4 rings (SSSR count). The van der Waals surface area contributed by atoms with Gasteiger partial charge in [-0.25, -0.2) is 21.4 Å². The molecule has 0 radical (unpaired) electrons. The summed E-state index contributed by atoms with van der Waals surface area (Å²) in [6, 6.07) is 4.88. The minimum atomic E-state index is -5.13. The lowest BCUT2D eigenvalue weighted by atomic mass is 9.75. The van der Waals surface area contributed by atoms with E-state index in [2.05, 4.69) is 4.90 Å². The molecule has 0 atom stereocenters. The molecule has 2 aromatic carbocycles. The lowest BCUT2D eigenvalue weighted by molar-refractivity contribution is -0.462. The topological polar surface area (TPSA) is 141 Å². The standard InChI is InChI=1S/C27H32N2O7S2/c1-28(2)20-9-5-17(6-10-20)25(18-7-11-21(12-8-18)29(3)4)26-23-14-13-22(37(31,32)33)15-19(23)16-24(27(26)30)38(34,35)36/h5-6,9-10,13-16,18,21H,7-8,11-12H2,1-4H3,(H2,31,32,33,34,35,36)/p-1. The van der Waals surface area contributed by atoms with E-state index in [1.54, 1.807) is 0 Å². The van der Waals surface area contributed by atoms with E-state index in [0.29, 0.717) is 17.0 Å². The molecule has 2 aromatic rings. The first-order valence-corrected chi connectivity index (χ1v) is 15.0. The number of allylic oxidation sites excluding steroid dienone is 6. The third kappa shape index (κ3) is 5.62. The van der Waals surface area contributed by atoms with E-state index in [-0.39, 0.29) is 16.9 Å². The molecule has 2 aliphatic rings. The summed E-state index contributed by atoms with van der Waals surface area (Å²) in [6.07, 6.45) is 10.9. The molecule has 0 bridgehead atoms. The molecular weight excluding hydrogens is 528 g/mol. The Morgan fingerprint density at radius 1 is 0.921 bits per heavy atom. The van der Waals surface area contributed by atoms with Crippen molar-refractivity contribution in [2.45, 2.75) is 41.5 Å². The van der Waals surface area contributed by atoms with Crippen molar-refractivity contribution in [1.82, 2.24) is 4.90 Å². The van der Waals surface area contributed by atoms with Crippen LogP contribution in [0.4, 0.5) is 0 Å². The van der Waals surface area contributed by atoms with Gasteiger partial charge >= 0.3 is 0 Å². The third-order valence-electron chi connectivity index (χ3n) is 7.41. The van der Waals surface area contributed by atoms with E-state index in [0.717, 1.165) is 55.2 Å². The van der Waals surface area contributed by atoms with Crippen LogP contribution in [0.3, 0.4) is 0 Å². The second-order valence-electron chi connectivity index (χ2n) is 10.2. The van der Waals surface area contributed by atoms with E-state index in [9.17, 15) is 31.0 Å². The van der Waals surface area contributed by atoms with Crippen LogP contribution in [-0.2, 0) is 20.2 Å². The minimum Gasteiger partial charge on any atom is -0.744 e. The smallest absolute Gasteiger partial charge is 0.199 e.